The Balaban J connectivity index is 2.87. The number of aliphatic hydroxyl groups excluding tert-OH is 1. The minimum absolute atomic E-state index is 0.0948. The number of likely N-dealkylation sites (N-methyl/N-ethyl adjacent to an activating group) is 1. The number of aliphatic imine (C=N–C) groups is 2. The molecule has 2 atom stereocenters. The zero-order valence-corrected chi connectivity index (χ0v) is 17.2. The van der Waals surface area contributed by atoms with Crippen molar-refractivity contribution in [3.8, 4) is 0 Å². The minimum atomic E-state index is -1.31. The number of carbonyl (C=O) groups excluding carboxylic acids is 1. The maximum Gasteiger partial charge on any atom is 0.198 e. The first kappa shape index (κ1) is 24.0. The van der Waals surface area contributed by atoms with Crippen LogP contribution in [-0.4, -0.2) is 53.9 Å². The Labute approximate surface area is 170 Å². The van der Waals surface area contributed by atoms with Crippen LogP contribution in [-0.2, 0) is 4.79 Å². The van der Waals surface area contributed by atoms with Gasteiger partial charge in [-0.3, -0.25) is 14.7 Å². The van der Waals surface area contributed by atoms with Gasteiger partial charge in [-0.1, -0.05) is 12.7 Å². The number of nitrogens with zero attached hydrogens (tertiary/aromatic N) is 3. The van der Waals surface area contributed by atoms with Gasteiger partial charge in [-0.05, 0) is 45.7 Å². The van der Waals surface area contributed by atoms with Gasteiger partial charge in [-0.25, -0.2) is 9.38 Å². The molecule has 29 heavy (non-hydrogen) atoms. The van der Waals surface area contributed by atoms with E-state index in [2.05, 4.69) is 27.2 Å². The van der Waals surface area contributed by atoms with Gasteiger partial charge in [0, 0.05) is 29.8 Å². The Morgan fingerprint density at radius 1 is 1.59 bits per heavy atom. The lowest BCUT2D eigenvalue weighted by Crippen LogP contribution is -2.53. The van der Waals surface area contributed by atoms with Gasteiger partial charge in [-0.2, -0.15) is 0 Å². The van der Waals surface area contributed by atoms with Crippen LogP contribution in [0, 0.1) is 0 Å². The fourth-order valence-corrected chi connectivity index (χ4v) is 2.24. The van der Waals surface area contributed by atoms with Gasteiger partial charge in [0.15, 0.2) is 18.1 Å². The van der Waals surface area contributed by atoms with Gasteiger partial charge < -0.3 is 21.5 Å². The molecule has 0 fully saturated rings. The van der Waals surface area contributed by atoms with E-state index in [1.807, 2.05) is 6.92 Å². The highest BCUT2D eigenvalue weighted by molar-refractivity contribution is 5.94. The van der Waals surface area contributed by atoms with Crippen LogP contribution < -0.4 is 16.4 Å². The maximum absolute atomic E-state index is 14.5. The lowest BCUT2D eigenvalue weighted by atomic mass is 10.1. The molecule has 0 aliphatic carbocycles. The molecule has 1 aliphatic rings. The summed E-state index contributed by atoms with van der Waals surface area (Å²) in [7, 11) is 1.53. The summed E-state index contributed by atoms with van der Waals surface area (Å²) in [6, 6.07) is -0.821. The summed E-state index contributed by atoms with van der Waals surface area (Å²) in [5.41, 5.74) is 7.32. The predicted molar refractivity (Wildman–Crippen MR) is 114 cm³/mol. The number of allylic oxidation sites excluding steroid dienone is 3. The van der Waals surface area contributed by atoms with Gasteiger partial charge in [-0.15, -0.1) is 0 Å². The van der Waals surface area contributed by atoms with Crippen molar-refractivity contribution in [3.05, 3.63) is 59.9 Å². The highest BCUT2D eigenvalue weighted by atomic mass is 19.1. The highest BCUT2D eigenvalue weighted by Gasteiger charge is 2.25. The average molecular weight is 404 g/mol. The fraction of sp³-hybridized carbons (Fsp3) is 0.350. The molecule has 1 aliphatic heterocycles. The zero-order chi connectivity index (χ0) is 22.0. The van der Waals surface area contributed by atoms with Crippen LogP contribution in [0.3, 0.4) is 0 Å². The smallest absolute Gasteiger partial charge is 0.198 e. The van der Waals surface area contributed by atoms with E-state index >= 15 is 0 Å². The molecule has 5 N–H and O–H groups in total. The number of nitrogens with one attached hydrogen (secondary N) is 2. The number of nitrogens with two attached hydrogens (primary N) is 1. The van der Waals surface area contributed by atoms with E-state index in [0.717, 1.165) is 5.57 Å². The molecule has 0 saturated carbocycles. The van der Waals surface area contributed by atoms with Crippen LogP contribution in [0.15, 0.2) is 69.9 Å². The number of carbonyl (C=O) groups is 1. The molecule has 0 spiro atoms. The van der Waals surface area contributed by atoms with Crippen molar-refractivity contribution in [2.75, 3.05) is 13.6 Å². The Kier molecular flexibility index (Phi) is 9.70. The number of ketones is 1. The Bertz CT molecular complexity index is 795. The van der Waals surface area contributed by atoms with E-state index in [0.29, 0.717) is 11.3 Å². The summed E-state index contributed by atoms with van der Waals surface area (Å²) in [4.78, 5) is 21.4. The number of halogens is 1. The third-order valence-electron chi connectivity index (χ3n) is 4.19. The third-order valence-corrected chi connectivity index (χ3v) is 4.19. The van der Waals surface area contributed by atoms with E-state index in [1.165, 1.54) is 42.7 Å². The summed E-state index contributed by atoms with van der Waals surface area (Å²) in [5, 5.41) is 15.8. The van der Waals surface area contributed by atoms with Crippen molar-refractivity contribution in [2.45, 2.75) is 33.2 Å². The zero-order valence-electron chi connectivity index (χ0n) is 17.2. The van der Waals surface area contributed by atoms with Crippen LogP contribution in [0.5, 0.6) is 0 Å². The van der Waals surface area contributed by atoms with Crippen LogP contribution in [0.25, 0.3) is 0 Å². The summed E-state index contributed by atoms with van der Waals surface area (Å²) in [6.45, 7) is 8.55. The summed E-state index contributed by atoms with van der Waals surface area (Å²) >= 11 is 0. The van der Waals surface area contributed by atoms with Crippen molar-refractivity contribution in [2.24, 2.45) is 15.7 Å². The molecule has 0 aromatic heterocycles. The molecule has 0 bridgehead atoms. The van der Waals surface area contributed by atoms with Crippen LogP contribution in [0.1, 0.15) is 20.8 Å². The highest BCUT2D eigenvalue weighted by Crippen LogP contribution is 2.19. The van der Waals surface area contributed by atoms with Gasteiger partial charge in [0.05, 0.1) is 6.04 Å². The fourth-order valence-electron chi connectivity index (χ4n) is 2.24. The molecular weight excluding hydrogens is 375 g/mol. The molecule has 2 unspecified atom stereocenters. The first-order valence-electron chi connectivity index (χ1n) is 8.99. The molecule has 0 saturated heterocycles. The number of aliphatic hydroxyl groups is 1. The summed E-state index contributed by atoms with van der Waals surface area (Å²) in [5.74, 6) is -0.654. The Morgan fingerprint density at radius 3 is 2.90 bits per heavy atom. The monoisotopic (exact) mass is 404 g/mol. The van der Waals surface area contributed by atoms with Crippen LogP contribution in [0.2, 0.25) is 0 Å². The second kappa shape index (κ2) is 11.7. The maximum atomic E-state index is 14.5. The Morgan fingerprint density at radius 2 is 2.28 bits per heavy atom. The standard InChI is InChI=1S/C20H29FN6O2/c1-6-13(3)16(22)10-15(28)12-25-19(24-7-2)26-20(29)27(5)17-8-9-23-11-14(4)18(17)21/h6-11,17,20,29H,2,12,22H2,1,3-5H3,(H2,24,25,26)/b13-6-,16-10?. The normalized spacial score (nSPS) is 19.3. The second-order valence-electron chi connectivity index (χ2n) is 6.33. The molecule has 9 heteroatoms. The number of guanidine groups is 1. The number of hydrogen-bond acceptors (Lipinski definition) is 6. The van der Waals surface area contributed by atoms with Crippen molar-refractivity contribution in [1.29, 1.82) is 0 Å². The molecule has 1 rings (SSSR count). The first-order valence-corrected chi connectivity index (χ1v) is 8.99. The number of rotatable bonds is 8. The van der Waals surface area contributed by atoms with Crippen molar-refractivity contribution in [3.63, 3.8) is 0 Å². The van der Waals surface area contributed by atoms with Crippen molar-refractivity contribution in [1.82, 2.24) is 15.5 Å². The van der Waals surface area contributed by atoms with Gasteiger partial charge >= 0.3 is 0 Å². The molecule has 1 heterocycles. The van der Waals surface area contributed by atoms with Crippen molar-refractivity contribution < 1.29 is 14.3 Å². The van der Waals surface area contributed by atoms with E-state index in [-0.39, 0.29) is 18.3 Å². The number of hydrogen-bond donors (Lipinski definition) is 4. The van der Waals surface area contributed by atoms with Gasteiger partial charge in [0.2, 0.25) is 0 Å². The largest absolute Gasteiger partial charge is 0.398 e. The quantitative estimate of drug-likeness (QED) is 0.160. The lowest BCUT2D eigenvalue weighted by Gasteiger charge is -2.30. The topological polar surface area (TPSA) is 115 Å². The molecule has 0 amide bonds. The molecule has 8 nitrogen and oxygen atoms in total. The lowest BCUT2D eigenvalue weighted by molar-refractivity contribution is -0.113. The SMILES string of the molecule is C=CNC(=NCC(=O)C=C(N)/C(C)=C\C)NC(O)N(C)C1C=CN=CC(C)=C1F. The van der Waals surface area contributed by atoms with E-state index in [1.54, 1.807) is 19.9 Å². The summed E-state index contributed by atoms with van der Waals surface area (Å²) in [6.07, 6.45) is 7.51. The minimum Gasteiger partial charge on any atom is -0.398 e. The van der Waals surface area contributed by atoms with E-state index in [9.17, 15) is 14.3 Å². The molecular formula is C20H29FN6O2. The molecule has 0 aromatic carbocycles. The first-order chi connectivity index (χ1) is 13.7. The van der Waals surface area contributed by atoms with E-state index < -0.39 is 18.2 Å². The third kappa shape index (κ3) is 7.47. The molecule has 0 radical (unpaired) electrons. The van der Waals surface area contributed by atoms with Gasteiger partial charge in [0.1, 0.15) is 12.4 Å². The summed E-state index contributed by atoms with van der Waals surface area (Å²) < 4.78 is 14.5. The predicted octanol–water partition coefficient (Wildman–Crippen LogP) is 1.46. The van der Waals surface area contributed by atoms with Crippen molar-refractivity contribution >= 4 is 18.0 Å². The molecule has 0 aromatic rings. The Hall–Kier alpha value is -3.04. The van der Waals surface area contributed by atoms with E-state index in [4.69, 9.17) is 5.73 Å². The second-order valence-corrected chi connectivity index (χ2v) is 6.33. The molecule has 158 valence electrons. The average Bonchev–Trinajstić information content (AvgIpc) is 2.86. The van der Waals surface area contributed by atoms with Crippen LogP contribution in [0.4, 0.5) is 4.39 Å². The van der Waals surface area contributed by atoms with Gasteiger partial charge in [0.25, 0.3) is 0 Å². The van der Waals surface area contributed by atoms with Crippen LogP contribution >= 0.6 is 0 Å².